The van der Waals surface area contributed by atoms with Crippen LogP contribution in [-0.2, 0) is 4.79 Å². The van der Waals surface area contributed by atoms with Gasteiger partial charge < -0.3 is 10.4 Å². The number of hydrogen-bond donors (Lipinski definition) is 2. The number of nitrogens with one attached hydrogen (secondary N) is 1. The number of aliphatic carboxylic acids is 1. The number of hydrogen-bond acceptors (Lipinski definition) is 3. The van der Waals surface area contributed by atoms with Crippen LogP contribution in [0.1, 0.15) is 31.4 Å². The second kappa shape index (κ2) is 5.69. The van der Waals surface area contributed by atoms with Gasteiger partial charge in [0.2, 0.25) is 0 Å². The Kier molecular flexibility index (Phi) is 4.22. The second-order valence-electron chi connectivity index (χ2n) is 4.82. The van der Waals surface area contributed by atoms with Crippen LogP contribution in [0.4, 0.5) is 5.69 Å². The van der Waals surface area contributed by atoms with Gasteiger partial charge in [0.15, 0.2) is 0 Å². The highest BCUT2D eigenvalue weighted by molar-refractivity contribution is 9.10. The van der Waals surface area contributed by atoms with E-state index in [1.54, 1.807) is 6.20 Å². The summed E-state index contributed by atoms with van der Waals surface area (Å²) in [6.45, 7) is 1.97. The molecule has 0 aromatic carbocycles. The first-order valence-corrected chi connectivity index (χ1v) is 6.97. The summed E-state index contributed by atoms with van der Waals surface area (Å²) < 4.78 is 0.954. The van der Waals surface area contributed by atoms with Gasteiger partial charge >= 0.3 is 5.97 Å². The molecule has 1 aliphatic carbocycles. The maximum atomic E-state index is 10.9. The summed E-state index contributed by atoms with van der Waals surface area (Å²) in [4.78, 5) is 15.2. The third-order valence-corrected chi connectivity index (χ3v) is 3.92. The standard InChI is InChI=1S/C13H17BrN2O2/c1-8-12(6-10(14)7-15-8)16-11-4-2-9(3-5-11)13(17)18/h6-7,9,11,16H,2-5H2,1H3,(H,17,18). The average molecular weight is 313 g/mol. The molecule has 1 aromatic heterocycles. The lowest BCUT2D eigenvalue weighted by Crippen LogP contribution is -2.29. The van der Waals surface area contributed by atoms with Gasteiger partial charge in [-0.25, -0.2) is 0 Å². The average Bonchev–Trinajstić information content (AvgIpc) is 2.34. The Balaban J connectivity index is 1.95. The van der Waals surface area contributed by atoms with E-state index in [1.165, 1.54) is 0 Å². The molecule has 2 rings (SSSR count). The van der Waals surface area contributed by atoms with E-state index in [0.29, 0.717) is 6.04 Å². The molecule has 0 amide bonds. The molecular formula is C13H17BrN2O2. The van der Waals surface area contributed by atoms with Gasteiger partial charge in [0.1, 0.15) is 0 Å². The predicted octanol–water partition coefficient (Wildman–Crippen LogP) is 3.21. The van der Waals surface area contributed by atoms with Gasteiger partial charge in [0.25, 0.3) is 0 Å². The maximum Gasteiger partial charge on any atom is 0.306 e. The molecule has 1 aromatic rings. The summed E-state index contributed by atoms with van der Waals surface area (Å²) in [6, 6.07) is 2.38. The molecule has 98 valence electrons. The lowest BCUT2D eigenvalue weighted by atomic mass is 9.86. The van der Waals surface area contributed by atoms with Crippen molar-refractivity contribution >= 4 is 27.6 Å². The lowest BCUT2D eigenvalue weighted by molar-refractivity contribution is -0.142. The molecule has 0 bridgehead atoms. The molecule has 5 heteroatoms. The fourth-order valence-electron chi connectivity index (χ4n) is 2.36. The number of aryl methyl sites for hydroxylation is 1. The molecule has 1 heterocycles. The monoisotopic (exact) mass is 312 g/mol. The van der Waals surface area contributed by atoms with Crippen molar-refractivity contribution in [3.8, 4) is 0 Å². The Labute approximate surface area is 115 Å². The summed E-state index contributed by atoms with van der Waals surface area (Å²) in [5.74, 6) is -0.821. The van der Waals surface area contributed by atoms with Gasteiger partial charge in [-0.05, 0) is 54.6 Å². The van der Waals surface area contributed by atoms with E-state index in [4.69, 9.17) is 5.11 Å². The van der Waals surface area contributed by atoms with E-state index in [2.05, 4.69) is 26.2 Å². The predicted molar refractivity (Wildman–Crippen MR) is 73.7 cm³/mol. The zero-order chi connectivity index (χ0) is 13.1. The zero-order valence-corrected chi connectivity index (χ0v) is 11.9. The highest BCUT2D eigenvalue weighted by Gasteiger charge is 2.25. The van der Waals surface area contributed by atoms with Gasteiger partial charge in [-0.1, -0.05) is 0 Å². The van der Waals surface area contributed by atoms with E-state index in [0.717, 1.165) is 41.5 Å². The molecule has 0 atom stereocenters. The van der Waals surface area contributed by atoms with Crippen molar-refractivity contribution < 1.29 is 9.90 Å². The smallest absolute Gasteiger partial charge is 0.306 e. The number of halogens is 1. The van der Waals surface area contributed by atoms with Crippen molar-refractivity contribution in [3.05, 3.63) is 22.4 Å². The largest absolute Gasteiger partial charge is 0.481 e. The SMILES string of the molecule is Cc1ncc(Br)cc1NC1CCC(C(=O)O)CC1. The van der Waals surface area contributed by atoms with Gasteiger partial charge in [0.05, 0.1) is 17.3 Å². The Morgan fingerprint density at radius 1 is 1.44 bits per heavy atom. The first kappa shape index (κ1) is 13.3. The first-order valence-electron chi connectivity index (χ1n) is 6.17. The molecule has 0 radical (unpaired) electrons. The molecule has 1 fully saturated rings. The summed E-state index contributed by atoms with van der Waals surface area (Å²) in [7, 11) is 0. The summed E-state index contributed by atoms with van der Waals surface area (Å²) >= 11 is 3.41. The molecule has 0 aliphatic heterocycles. The van der Waals surface area contributed by atoms with Crippen LogP contribution in [0.5, 0.6) is 0 Å². The number of carboxylic acids is 1. The fraction of sp³-hybridized carbons (Fsp3) is 0.538. The highest BCUT2D eigenvalue weighted by atomic mass is 79.9. The van der Waals surface area contributed by atoms with E-state index in [1.807, 2.05) is 13.0 Å². The number of carbonyl (C=O) groups is 1. The van der Waals surface area contributed by atoms with Crippen LogP contribution in [0.2, 0.25) is 0 Å². The molecule has 2 N–H and O–H groups in total. The highest BCUT2D eigenvalue weighted by Crippen LogP contribution is 2.28. The van der Waals surface area contributed by atoms with Gasteiger partial charge in [-0.2, -0.15) is 0 Å². The molecular weight excluding hydrogens is 296 g/mol. The molecule has 1 aliphatic rings. The third-order valence-electron chi connectivity index (χ3n) is 3.49. The number of aromatic nitrogens is 1. The molecule has 18 heavy (non-hydrogen) atoms. The van der Waals surface area contributed by atoms with Crippen LogP contribution in [0.3, 0.4) is 0 Å². The minimum Gasteiger partial charge on any atom is -0.481 e. The van der Waals surface area contributed by atoms with Crippen molar-refractivity contribution in [1.29, 1.82) is 0 Å². The molecule has 4 nitrogen and oxygen atoms in total. The van der Waals surface area contributed by atoms with Crippen molar-refractivity contribution in [1.82, 2.24) is 4.98 Å². The van der Waals surface area contributed by atoms with E-state index in [-0.39, 0.29) is 5.92 Å². The third kappa shape index (κ3) is 3.22. The van der Waals surface area contributed by atoms with E-state index in [9.17, 15) is 4.79 Å². The topological polar surface area (TPSA) is 62.2 Å². The zero-order valence-electron chi connectivity index (χ0n) is 10.3. The number of rotatable bonds is 3. The summed E-state index contributed by atoms with van der Waals surface area (Å²) in [5.41, 5.74) is 2.00. The number of carboxylic acid groups (broad SMARTS) is 1. The summed E-state index contributed by atoms with van der Waals surface area (Å²) in [5, 5.41) is 12.4. The van der Waals surface area contributed by atoms with Gasteiger partial charge in [-0.15, -0.1) is 0 Å². The molecule has 0 unspecified atom stereocenters. The number of nitrogens with zero attached hydrogens (tertiary/aromatic N) is 1. The quantitative estimate of drug-likeness (QED) is 0.899. The normalized spacial score (nSPS) is 23.7. The van der Waals surface area contributed by atoms with Crippen LogP contribution in [0.25, 0.3) is 0 Å². The van der Waals surface area contributed by atoms with Crippen LogP contribution in [0, 0.1) is 12.8 Å². The minimum absolute atomic E-state index is 0.162. The Morgan fingerprint density at radius 3 is 2.72 bits per heavy atom. The van der Waals surface area contributed by atoms with Crippen molar-refractivity contribution in [3.63, 3.8) is 0 Å². The van der Waals surface area contributed by atoms with E-state index < -0.39 is 5.97 Å². The Bertz CT molecular complexity index is 443. The van der Waals surface area contributed by atoms with Crippen molar-refractivity contribution in [2.75, 3.05) is 5.32 Å². The fourth-order valence-corrected chi connectivity index (χ4v) is 2.69. The Morgan fingerprint density at radius 2 is 2.11 bits per heavy atom. The Hall–Kier alpha value is -1.10. The molecule has 0 spiro atoms. The molecule has 1 saturated carbocycles. The van der Waals surface area contributed by atoms with Gasteiger partial charge in [-0.3, -0.25) is 9.78 Å². The maximum absolute atomic E-state index is 10.9. The molecule has 0 saturated heterocycles. The summed E-state index contributed by atoms with van der Waals surface area (Å²) in [6.07, 6.45) is 5.11. The number of anilines is 1. The first-order chi connectivity index (χ1) is 8.56. The van der Waals surface area contributed by atoms with Crippen LogP contribution in [-0.4, -0.2) is 22.1 Å². The van der Waals surface area contributed by atoms with Crippen molar-refractivity contribution in [2.24, 2.45) is 5.92 Å². The van der Waals surface area contributed by atoms with Crippen LogP contribution in [0.15, 0.2) is 16.7 Å². The van der Waals surface area contributed by atoms with Gasteiger partial charge in [0, 0.05) is 16.7 Å². The van der Waals surface area contributed by atoms with E-state index >= 15 is 0 Å². The minimum atomic E-state index is -0.659. The van der Waals surface area contributed by atoms with Crippen LogP contribution >= 0.6 is 15.9 Å². The lowest BCUT2D eigenvalue weighted by Gasteiger charge is -2.28. The second-order valence-corrected chi connectivity index (χ2v) is 5.73. The van der Waals surface area contributed by atoms with Crippen molar-refractivity contribution in [2.45, 2.75) is 38.6 Å². The number of pyridine rings is 1. The van der Waals surface area contributed by atoms with Crippen LogP contribution < -0.4 is 5.32 Å².